The Bertz CT molecular complexity index is 762. The average Bonchev–Trinajstić information content (AvgIpc) is 2.78. The maximum Gasteiger partial charge on any atom is 0.326 e. The van der Waals surface area contributed by atoms with Crippen molar-refractivity contribution in [2.45, 2.75) is 83.0 Å². The molecule has 14 nitrogen and oxygen atoms in total. The molecule has 0 radical (unpaired) electrons. The van der Waals surface area contributed by atoms with Crippen molar-refractivity contribution in [1.82, 2.24) is 16.0 Å². The molecule has 5 atom stereocenters. The van der Waals surface area contributed by atoms with Crippen molar-refractivity contribution in [3.05, 3.63) is 0 Å². The summed E-state index contributed by atoms with van der Waals surface area (Å²) in [5.41, 5.74) is 16.4. The summed E-state index contributed by atoms with van der Waals surface area (Å²) in [6.07, 6.45) is 0.227. The third-order valence-electron chi connectivity index (χ3n) is 5.45. The molecule has 14 heteroatoms. The number of amides is 4. The van der Waals surface area contributed by atoms with Crippen molar-refractivity contribution < 1.29 is 39.0 Å². The number of nitrogens with two attached hydrogens (primary N) is 3. The van der Waals surface area contributed by atoms with Crippen molar-refractivity contribution in [3.63, 3.8) is 0 Å². The van der Waals surface area contributed by atoms with E-state index in [1.165, 1.54) is 0 Å². The summed E-state index contributed by atoms with van der Waals surface area (Å²) in [4.78, 5) is 71.7. The van der Waals surface area contributed by atoms with Gasteiger partial charge in [0.2, 0.25) is 23.6 Å². The second-order valence-corrected chi connectivity index (χ2v) is 8.32. The van der Waals surface area contributed by atoms with Gasteiger partial charge in [-0.2, -0.15) is 0 Å². The summed E-state index contributed by atoms with van der Waals surface area (Å²) >= 11 is 0. The maximum absolute atomic E-state index is 12.8. The van der Waals surface area contributed by atoms with Crippen LogP contribution in [0.4, 0.5) is 0 Å². The van der Waals surface area contributed by atoms with Gasteiger partial charge in [-0.25, -0.2) is 4.79 Å². The normalized spacial score (nSPS) is 15.1. The van der Waals surface area contributed by atoms with Crippen molar-refractivity contribution in [2.75, 3.05) is 6.54 Å². The van der Waals surface area contributed by atoms with Crippen LogP contribution in [0.1, 0.15) is 58.8 Å². The van der Waals surface area contributed by atoms with E-state index in [0.29, 0.717) is 25.8 Å². The van der Waals surface area contributed by atoms with E-state index in [9.17, 15) is 39.0 Å². The third-order valence-corrected chi connectivity index (χ3v) is 5.45. The van der Waals surface area contributed by atoms with Gasteiger partial charge in [0.05, 0.1) is 12.5 Å². The van der Waals surface area contributed by atoms with Gasteiger partial charge in [-0.15, -0.1) is 0 Å². The minimum atomic E-state index is -1.52. The van der Waals surface area contributed by atoms with Crippen LogP contribution in [0.3, 0.4) is 0 Å². The molecule has 0 aliphatic rings. The molecule has 0 aromatic carbocycles. The lowest BCUT2D eigenvalue weighted by Gasteiger charge is -2.25. The lowest BCUT2D eigenvalue weighted by atomic mass is 9.99. The van der Waals surface area contributed by atoms with Crippen LogP contribution in [-0.2, 0) is 28.8 Å². The second-order valence-electron chi connectivity index (χ2n) is 8.32. The van der Waals surface area contributed by atoms with E-state index in [1.54, 1.807) is 6.92 Å². The lowest BCUT2D eigenvalue weighted by molar-refractivity contribution is -0.143. The highest BCUT2D eigenvalue weighted by Crippen LogP contribution is 2.08. The number of hydrogen-bond donors (Lipinski definition) is 8. The number of carboxylic acid groups (broad SMARTS) is 2. The number of primary amides is 1. The number of carboxylic acids is 2. The predicted molar refractivity (Wildman–Crippen MR) is 124 cm³/mol. The Morgan fingerprint density at radius 2 is 1.37 bits per heavy atom. The number of carbonyl (C=O) groups excluding carboxylic acids is 4. The van der Waals surface area contributed by atoms with Crippen LogP contribution in [0.5, 0.6) is 0 Å². The standard InChI is InChI=1S/C21H38N6O8/c1-3-11(2)17(24)20(33)27-14(10-16(29)30)19(32)25-12(6-4-5-9-22)18(31)26-13(21(34)35)7-8-15(23)28/h11-14,17H,3-10,22,24H2,1-2H3,(H2,23,28)(H,25,32)(H,26,31)(H,27,33)(H,29,30)(H,34,35). The summed E-state index contributed by atoms with van der Waals surface area (Å²) in [7, 11) is 0. The largest absolute Gasteiger partial charge is 0.481 e. The fourth-order valence-electron chi connectivity index (χ4n) is 3.01. The van der Waals surface area contributed by atoms with Gasteiger partial charge in [0.1, 0.15) is 18.1 Å². The van der Waals surface area contributed by atoms with Gasteiger partial charge in [-0.3, -0.25) is 24.0 Å². The Labute approximate surface area is 203 Å². The molecule has 0 aromatic heterocycles. The smallest absolute Gasteiger partial charge is 0.326 e. The molecule has 0 spiro atoms. The Morgan fingerprint density at radius 3 is 1.86 bits per heavy atom. The number of carbonyl (C=O) groups is 6. The summed E-state index contributed by atoms with van der Waals surface area (Å²) in [6.45, 7) is 3.85. The third kappa shape index (κ3) is 12.7. The monoisotopic (exact) mass is 502 g/mol. The first kappa shape index (κ1) is 31.7. The van der Waals surface area contributed by atoms with Crippen molar-refractivity contribution in [2.24, 2.45) is 23.1 Å². The quantitative estimate of drug-likeness (QED) is 0.0935. The molecule has 0 aliphatic carbocycles. The van der Waals surface area contributed by atoms with Gasteiger partial charge in [-0.1, -0.05) is 20.3 Å². The van der Waals surface area contributed by atoms with E-state index in [4.69, 9.17) is 17.2 Å². The molecule has 0 bridgehead atoms. The molecule has 0 fully saturated rings. The van der Waals surface area contributed by atoms with E-state index in [-0.39, 0.29) is 25.2 Å². The summed E-state index contributed by atoms with van der Waals surface area (Å²) in [5.74, 6) is -6.28. The van der Waals surface area contributed by atoms with E-state index >= 15 is 0 Å². The van der Waals surface area contributed by atoms with E-state index in [2.05, 4.69) is 16.0 Å². The van der Waals surface area contributed by atoms with E-state index in [1.807, 2.05) is 6.92 Å². The number of aliphatic carboxylic acids is 2. The number of hydrogen-bond acceptors (Lipinski definition) is 8. The van der Waals surface area contributed by atoms with Crippen molar-refractivity contribution >= 4 is 35.6 Å². The molecule has 0 aliphatic heterocycles. The zero-order valence-electron chi connectivity index (χ0n) is 20.1. The van der Waals surface area contributed by atoms with Gasteiger partial charge >= 0.3 is 11.9 Å². The highest BCUT2D eigenvalue weighted by Gasteiger charge is 2.32. The van der Waals surface area contributed by atoms with Crippen LogP contribution in [-0.4, -0.2) is 76.5 Å². The van der Waals surface area contributed by atoms with Crippen LogP contribution >= 0.6 is 0 Å². The van der Waals surface area contributed by atoms with Crippen molar-refractivity contribution in [3.8, 4) is 0 Å². The van der Waals surface area contributed by atoms with Crippen LogP contribution in [0.25, 0.3) is 0 Å². The second kappa shape index (κ2) is 16.4. The molecule has 0 saturated carbocycles. The maximum atomic E-state index is 12.8. The first-order valence-electron chi connectivity index (χ1n) is 11.4. The van der Waals surface area contributed by atoms with Crippen molar-refractivity contribution in [1.29, 1.82) is 0 Å². The minimum Gasteiger partial charge on any atom is -0.481 e. The van der Waals surface area contributed by atoms with Gasteiger partial charge < -0.3 is 43.4 Å². The molecule has 200 valence electrons. The molecule has 35 heavy (non-hydrogen) atoms. The van der Waals surface area contributed by atoms with Crippen LogP contribution in [0.15, 0.2) is 0 Å². The summed E-state index contributed by atoms with van der Waals surface area (Å²) < 4.78 is 0. The highest BCUT2D eigenvalue weighted by molar-refractivity contribution is 5.95. The Kier molecular flexibility index (Phi) is 14.9. The fourth-order valence-corrected chi connectivity index (χ4v) is 3.01. The molecule has 0 heterocycles. The Morgan fingerprint density at radius 1 is 0.829 bits per heavy atom. The molecule has 4 amide bonds. The molecule has 5 unspecified atom stereocenters. The first-order chi connectivity index (χ1) is 16.3. The number of nitrogens with one attached hydrogen (secondary N) is 3. The van der Waals surface area contributed by atoms with E-state index < -0.39 is 66.2 Å². The molecule has 0 rings (SSSR count). The zero-order chi connectivity index (χ0) is 27.1. The molecule has 0 saturated heterocycles. The highest BCUT2D eigenvalue weighted by atomic mass is 16.4. The average molecular weight is 503 g/mol. The molecular formula is C21H38N6O8. The fraction of sp³-hybridized carbons (Fsp3) is 0.714. The first-order valence-corrected chi connectivity index (χ1v) is 11.4. The number of unbranched alkanes of at least 4 members (excludes halogenated alkanes) is 1. The SMILES string of the molecule is CCC(C)C(N)C(=O)NC(CC(=O)O)C(=O)NC(CCCCN)C(=O)NC(CCC(N)=O)C(=O)O. The minimum absolute atomic E-state index is 0.0665. The molecular weight excluding hydrogens is 464 g/mol. The predicted octanol–water partition coefficient (Wildman–Crippen LogP) is -2.23. The summed E-state index contributed by atoms with van der Waals surface area (Å²) in [5, 5.41) is 25.4. The van der Waals surface area contributed by atoms with Gasteiger partial charge in [0.15, 0.2) is 0 Å². The van der Waals surface area contributed by atoms with Gasteiger partial charge in [-0.05, 0) is 38.1 Å². The van der Waals surface area contributed by atoms with Crippen LogP contribution in [0.2, 0.25) is 0 Å². The molecule has 0 aromatic rings. The van der Waals surface area contributed by atoms with E-state index in [0.717, 1.165) is 0 Å². The Hall–Kier alpha value is -3.26. The van der Waals surface area contributed by atoms with Crippen LogP contribution in [0, 0.1) is 5.92 Å². The number of rotatable bonds is 18. The van der Waals surface area contributed by atoms with Gasteiger partial charge in [0, 0.05) is 6.42 Å². The van der Waals surface area contributed by atoms with Crippen LogP contribution < -0.4 is 33.2 Å². The summed E-state index contributed by atoms with van der Waals surface area (Å²) in [6, 6.07) is -5.19. The zero-order valence-corrected chi connectivity index (χ0v) is 20.1. The molecule has 11 N–H and O–H groups in total. The van der Waals surface area contributed by atoms with Gasteiger partial charge in [0.25, 0.3) is 0 Å². The Balaban J connectivity index is 5.58. The lowest BCUT2D eigenvalue weighted by Crippen LogP contribution is -2.58. The topological polar surface area (TPSA) is 257 Å².